The minimum atomic E-state index is -0.833. The molecule has 0 fully saturated rings. The minimum Gasteiger partial charge on any atom is -0.485 e. The zero-order valence-electron chi connectivity index (χ0n) is 15.6. The molecule has 0 saturated heterocycles. The van der Waals surface area contributed by atoms with E-state index in [1.807, 2.05) is 36.4 Å². The van der Waals surface area contributed by atoms with E-state index < -0.39 is 12.1 Å². The van der Waals surface area contributed by atoms with Crippen LogP contribution in [0.3, 0.4) is 0 Å². The first-order valence-corrected chi connectivity index (χ1v) is 9.08. The lowest BCUT2D eigenvalue weighted by atomic mass is 10.0. The van der Waals surface area contributed by atoms with Crippen molar-refractivity contribution in [2.75, 3.05) is 6.61 Å². The van der Waals surface area contributed by atoms with E-state index in [1.54, 1.807) is 12.1 Å². The summed E-state index contributed by atoms with van der Waals surface area (Å²) in [6, 6.07) is 15.1. The number of rotatable bonds is 5. The van der Waals surface area contributed by atoms with Crippen molar-refractivity contribution in [3.8, 4) is 22.9 Å². The third-order valence-electron chi connectivity index (χ3n) is 4.41. The molecule has 1 aromatic heterocycles. The molecule has 0 N–H and O–H groups in total. The predicted molar refractivity (Wildman–Crippen MR) is 100.0 cm³/mol. The number of hydrogen-bond donors (Lipinski definition) is 0. The van der Waals surface area contributed by atoms with Crippen molar-refractivity contribution in [3.63, 3.8) is 0 Å². The molecule has 28 heavy (non-hydrogen) atoms. The molecule has 0 amide bonds. The Balaban J connectivity index is 1.35. The first kappa shape index (κ1) is 18.0. The van der Waals surface area contributed by atoms with Gasteiger partial charge >= 0.3 is 5.97 Å². The van der Waals surface area contributed by atoms with Gasteiger partial charge in [0, 0.05) is 5.56 Å². The molecular weight excluding hydrogens is 360 g/mol. The Kier molecular flexibility index (Phi) is 4.97. The molecule has 4 rings (SSSR count). The second-order valence-corrected chi connectivity index (χ2v) is 6.76. The largest absolute Gasteiger partial charge is 0.485 e. The van der Waals surface area contributed by atoms with Gasteiger partial charge in [-0.15, -0.1) is 0 Å². The van der Waals surface area contributed by atoms with Crippen molar-refractivity contribution in [3.05, 3.63) is 60.0 Å². The standard InChI is InChI=1S/C21H20N2O5/c1-13(2)14-7-9-15(10-8-14)20-22-19(28-23-20)12-26-21(24)18-11-25-16-5-3-4-6-17(16)27-18/h3-10,13,18H,11-12H2,1-2H3/t18-/m0/s1. The van der Waals surface area contributed by atoms with Gasteiger partial charge in [-0.1, -0.05) is 55.4 Å². The van der Waals surface area contributed by atoms with Gasteiger partial charge in [0.25, 0.3) is 5.89 Å². The Morgan fingerprint density at radius 3 is 2.64 bits per heavy atom. The molecule has 7 heteroatoms. The number of carbonyl (C=O) groups is 1. The highest BCUT2D eigenvalue weighted by molar-refractivity contribution is 5.76. The first-order chi connectivity index (χ1) is 13.6. The fourth-order valence-corrected chi connectivity index (χ4v) is 2.81. The van der Waals surface area contributed by atoms with E-state index in [0.29, 0.717) is 23.2 Å². The van der Waals surface area contributed by atoms with Crippen LogP contribution in [-0.2, 0) is 16.1 Å². The maximum Gasteiger partial charge on any atom is 0.351 e. The monoisotopic (exact) mass is 380 g/mol. The molecule has 0 spiro atoms. The van der Waals surface area contributed by atoms with E-state index in [2.05, 4.69) is 24.0 Å². The SMILES string of the molecule is CC(C)c1ccc(-c2noc(COC(=O)[C@@H]3COc4ccccc4O3)n2)cc1. The van der Waals surface area contributed by atoms with Crippen LogP contribution >= 0.6 is 0 Å². The van der Waals surface area contributed by atoms with Crippen molar-refractivity contribution in [1.82, 2.24) is 10.1 Å². The second kappa shape index (κ2) is 7.72. The lowest BCUT2D eigenvalue weighted by Crippen LogP contribution is -2.37. The van der Waals surface area contributed by atoms with Crippen LogP contribution in [-0.4, -0.2) is 28.8 Å². The van der Waals surface area contributed by atoms with Gasteiger partial charge in [0.15, 0.2) is 18.1 Å². The van der Waals surface area contributed by atoms with E-state index in [0.717, 1.165) is 5.56 Å². The van der Waals surface area contributed by atoms with E-state index >= 15 is 0 Å². The molecule has 0 unspecified atom stereocenters. The van der Waals surface area contributed by atoms with Gasteiger partial charge in [-0.25, -0.2) is 4.79 Å². The molecule has 0 saturated carbocycles. The normalized spacial score (nSPS) is 15.5. The van der Waals surface area contributed by atoms with Gasteiger partial charge in [0.05, 0.1) is 0 Å². The first-order valence-electron chi connectivity index (χ1n) is 9.08. The Hall–Kier alpha value is -3.35. The summed E-state index contributed by atoms with van der Waals surface area (Å²) < 4.78 is 21.6. The van der Waals surface area contributed by atoms with Crippen LogP contribution in [0.15, 0.2) is 53.1 Å². The molecule has 0 bridgehead atoms. The van der Waals surface area contributed by atoms with Crippen molar-refractivity contribution in [2.45, 2.75) is 32.5 Å². The number of benzene rings is 2. The van der Waals surface area contributed by atoms with Gasteiger partial charge in [0.2, 0.25) is 11.9 Å². The van der Waals surface area contributed by atoms with Crippen LogP contribution < -0.4 is 9.47 Å². The van der Waals surface area contributed by atoms with Crippen molar-refractivity contribution in [1.29, 1.82) is 0 Å². The summed E-state index contributed by atoms with van der Waals surface area (Å²) in [5, 5.41) is 3.95. The van der Waals surface area contributed by atoms with Gasteiger partial charge in [0.1, 0.15) is 6.61 Å². The topological polar surface area (TPSA) is 83.7 Å². The lowest BCUT2D eigenvalue weighted by Gasteiger charge is -2.24. The average molecular weight is 380 g/mol. The predicted octanol–water partition coefficient (Wildman–Crippen LogP) is 3.74. The van der Waals surface area contributed by atoms with E-state index in [1.165, 1.54) is 5.56 Å². The molecule has 2 heterocycles. The zero-order valence-corrected chi connectivity index (χ0v) is 15.6. The molecule has 7 nitrogen and oxygen atoms in total. The Morgan fingerprint density at radius 1 is 1.14 bits per heavy atom. The quantitative estimate of drug-likeness (QED) is 0.623. The highest BCUT2D eigenvalue weighted by Crippen LogP contribution is 2.31. The molecular formula is C21H20N2O5. The van der Waals surface area contributed by atoms with Crippen LogP contribution in [0.1, 0.15) is 31.2 Å². The number of nitrogens with zero attached hydrogens (tertiary/aromatic N) is 2. The third kappa shape index (κ3) is 3.83. The summed E-state index contributed by atoms with van der Waals surface area (Å²) in [5.74, 6) is 1.70. The van der Waals surface area contributed by atoms with Crippen LogP contribution in [0.25, 0.3) is 11.4 Å². The molecule has 2 aromatic carbocycles. The average Bonchev–Trinajstić information content (AvgIpc) is 3.21. The number of hydrogen-bond acceptors (Lipinski definition) is 7. The number of esters is 1. The highest BCUT2D eigenvalue weighted by Gasteiger charge is 2.29. The molecule has 144 valence electrons. The summed E-state index contributed by atoms with van der Waals surface area (Å²) in [6.07, 6.45) is -0.833. The number of aromatic nitrogens is 2. The van der Waals surface area contributed by atoms with Crippen LogP contribution in [0, 0.1) is 0 Å². The van der Waals surface area contributed by atoms with E-state index in [4.69, 9.17) is 18.7 Å². The Labute approximate surface area is 162 Å². The number of para-hydroxylation sites is 2. The molecule has 1 atom stereocenters. The minimum absolute atomic E-state index is 0.0904. The smallest absolute Gasteiger partial charge is 0.351 e. The van der Waals surface area contributed by atoms with Crippen LogP contribution in [0.2, 0.25) is 0 Å². The second-order valence-electron chi connectivity index (χ2n) is 6.76. The van der Waals surface area contributed by atoms with Gasteiger partial charge < -0.3 is 18.7 Å². The van der Waals surface area contributed by atoms with Crippen molar-refractivity contribution in [2.24, 2.45) is 0 Å². The summed E-state index contributed by atoms with van der Waals surface area (Å²) in [5.41, 5.74) is 2.07. The number of fused-ring (bicyclic) bond motifs is 1. The summed E-state index contributed by atoms with van der Waals surface area (Å²) in [7, 11) is 0. The molecule has 3 aromatic rings. The van der Waals surface area contributed by atoms with Gasteiger partial charge in [-0.2, -0.15) is 4.98 Å². The van der Waals surface area contributed by atoms with Crippen molar-refractivity contribution >= 4 is 5.97 Å². The fourth-order valence-electron chi connectivity index (χ4n) is 2.81. The van der Waals surface area contributed by atoms with Crippen molar-refractivity contribution < 1.29 is 23.5 Å². The number of ether oxygens (including phenoxy) is 3. The highest BCUT2D eigenvalue weighted by atomic mass is 16.6. The molecule has 1 aliphatic heterocycles. The van der Waals surface area contributed by atoms with Crippen LogP contribution in [0.5, 0.6) is 11.5 Å². The summed E-state index contributed by atoms with van der Waals surface area (Å²) in [6.45, 7) is 4.23. The van der Waals surface area contributed by atoms with E-state index in [-0.39, 0.29) is 19.1 Å². The maximum absolute atomic E-state index is 12.2. The number of carbonyl (C=O) groups excluding carboxylic acids is 1. The molecule has 0 aliphatic carbocycles. The molecule has 1 aliphatic rings. The van der Waals surface area contributed by atoms with Crippen LogP contribution in [0.4, 0.5) is 0 Å². The fraction of sp³-hybridized carbons (Fsp3) is 0.286. The van der Waals surface area contributed by atoms with Gasteiger partial charge in [-0.3, -0.25) is 0 Å². The lowest BCUT2D eigenvalue weighted by molar-refractivity contribution is -0.156. The van der Waals surface area contributed by atoms with Gasteiger partial charge in [-0.05, 0) is 23.6 Å². The Morgan fingerprint density at radius 2 is 1.89 bits per heavy atom. The zero-order chi connectivity index (χ0) is 19.5. The third-order valence-corrected chi connectivity index (χ3v) is 4.41. The summed E-state index contributed by atoms with van der Waals surface area (Å²) in [4.78, 5) is 16.5. The maximum atomic E-state index is 12.2. The summed E-state index contributed by atoms with van der Waals surface area (Å²) >= 11 is 0. The van der Waals surface area contributed by atoms with E-state index in [9.17, 15) is 4.79 Å². The molecule has 0 radical (unpaired) electrons. The Bertz CT molecular complexity index is 965.